The van der Waals surface area contributed by atoms with E-state index in [0.29, 0.717) is 9.79 Å². The molecule has 118 valence electrons. The summed E-state index contributed by atoms with van der Waals surface area (Å²) in [4.78, 5) is 1.46. The third kappa shape index (κ3) is 3.56. The molecule has 0 aromatic heterocycles. The zero-order chi connectivity index (χ0) is 16.4. The van der Waals surface area contributed by atoms with Gasteiger partial charge in [0.2, 0.25) is 0 Å². The zero-order valence-corrected chi connectivity index (χ0v) is 12.7. The second kappa shape index (κ2) is 6.46. The molecule has 0 saturated carbocycles. The first-order chi connectivity index (χ1) is 11.0. The summed E-state index contributed by atoms with van der Waals surface area (Å²) < 4.78 is 54.4. The van der Waals surface area contributed by atoms with E-state index in [1.807, 2.05) is 0 Å². The standard InChI is InChI=1S/C18H12F4S/c19-12-6-13(20)9-17(8-12)23(16-4-2-1-3-5-16)18-10-14(21)7-15(22)11-18/h1-11,23H. The van der Waals surface area contributed by atoms with E-state index < -0.39 is 34.2 Å². The van der Waals surface area contributed by atoms with Gasteiger partial charge in [0.15, 0.2) is 0 Å². The van der Waals surface area contributed by atoms with Gasteiger partial charge >= 0.3 is 0 Å². The second-order valence-electron chi connectivity index (χ2n) is 4.93. The van der Waals surface area contributed by atoms with Gasteiger partial charge in [-0.15, -0.1) is 0 Å². The Hall–Kier alpha value is -2.27. The maximum Gasteiger partial charge on any atom is 0.127 e. The van der Waals surface area contributed by atoms with Crippen molar-refractivity contribution in [2.45, 2.75) is 14.7 Å². The SMILES string of the molecule is Fc1cc(F)cc([SH](c2ccccc2)c2cc(F)cc(F)c2)c1. The van der Waals surface area contributed by atoms with E-state index in [-0.39, 0.29) is 0 Å². The molecule has 0 fully saturated rings. The molecule has 23 heavy (non-hydrogen) atoms. The normalized spacial score (nSPS) is 11.4. The van der Waals surface area contributed by atoms with E-state index >= 15 is 0 Å². The van der Waals surface area contributed by atoms with Crippen molar-refractivity contribution in [3.63, 3.8) is 0 Å². The number of hydrogen-bond acceptors (Lipinski definition) is 0. The fourth-order valence-electron chi connectivity index (χ4n) is 2.36. The lowest BCUT2D eigenvalue weighted by Gasteiger charge is -2.23. The molecule has 3 rings (SSSR count). The Morgan fingerprint density at radius 2 is 0.870 bits per heavy atom. The van der Waals surface area contributed by atoms with E-state index in [9.17, 15) is 17.6 Å². The first kappa shape index (κ1) is 15.6. The van der Waals surface area contributed by atoms with Gasteiger partial charge in [0.25, 0.3) is 0 Å². The van der Waals surface area contributed by atoms with Crippen LogP contribution in [0.15, 0.2) is 81.4 Å². The zero-order valence-electron chi connectivity index (χ0n) is 11.8. The molecule has 0 heterocycles. The summed E-state index contributed by atoms with van der Waals surface area (Å²) in [6.45, 7) is 0. The molecular weight excluding hydrogens is 324 g/mol. The molecular formula is C18H12F4S. The van der Waals surface area contributed by atoms with E-state index in [0.717, 1.165) is 17.0 Å². The lowest BCUT2D eigenvalue weighted by Crippen LogP contribution is -1.93. The van der Waals surface area contributed by atoms with Gasteiger partial charge in [-0.05, 0) is 41.3 Å². The topological polar surface area (TPSA) is 0 Å². The number of hydrogen-bond donors (Lipinski definition) is 1. The Kier molecular flexibility index (Phi) is 4.39. The minimum absolute atomic E-state index is 0.355. The lowest BCUT2D eigenvalue weighted by atomic mass is 10.3. The van der Waals surface area contributed by atoms with E-state index in [2.05, 4.69) is 0 Å². The highest BCUT2D eigenvalue weighted by atomic mass is 32.2. The van der Waals surface area contributed by atoms with Gasteiger partial charge in [-0.2, -0.15) is 10.9 Å². The van der Waals surface area contributed by atoms with Crippen LogP contribution in [0.4, 0.5) is 17.6 Å². The number of halogens is 4. The summed E-state index contributed by atoms with van der Waals surface area (Å²) in [5, 5.41) is 0. The highest BCUT2D eigenvalue weighted by Crippen LogP contribution is 2.51. The molecule has 0 radical (unpaired) electrons. The number of benzene rings is 3. The lowest BCUT2D eigenvalue weighted by molar-refractivity contribution is 0.576. The predicted octanol–water partition coefficient (Wildman–Crippen LogP) is 5.72. The van der Waals surface area contributed by atoms with Crippen LogP contribution < -0.4 is 0 Å². The average Bonchev–Trinajstić information content (AvgIpc) is 2.46. The third-order valence-electron chi connectivity index (χ3n) is 3.23. The van der Waals surface area contributed by atoms with Crippen molar-refractivity contribution in [1.82, 2.24) is 0 Å². The molecule has 0 aliphatic carbocycles. The van der Waals surface area contributed by atoms with Crippen LogP contribution in [0.25, 0.3) is 0 Å². The van der Waals surface area contributed by atoms with Crippen molar-refractivity contribution in [3.05, 3.63) is 90.0 Å². The van der Waals surface area contributed by atoms with Gasteiger partial charge in [-0.1, -0.05) is 18.2 Å². The monoisotopic (exact) mass is 336 g/mol. The maximum atomic E-state index is 13.6. The molecule has 0 saturated heterocycles. The molecule has 3 aromatic carbocycles. The molecule has 0 spiro atoms. The van der Waals surface area contributed by atoms with Crippen LogP contribution in [0.1, 0.15) is 0 Å². The Morgan fingerprint density at radius 3 is 1.26 bits per heavy atom. The summed E-state index contributed by atoms with van der Waals surface area (Å²) in [5.74, 6) is -2.89. The largest absolute Gasteiger partial charge is 0.207 e. The van der Waals surface area contributed by atoms with Crippen LogP contribution in [-0.2, 0) is 0 Å². The highest BCUT2D eigenvalue weighted by molar-refractivity contribution is 8.17. The van der Waals surface area contributed by atoms with Crippen molar-refractivity contribution in [1.29, 1.82) is 0 Å². The summed E-state index contributed by atoms with van der Waals surface area (Å²) in [7, 11) is -1.47. The second-order valence-corrected chi connectivity index (χ2v) is 7.15. The number of rotatable bonds is 3. The van der Waals surface area contributed by atoms with Gasteiger partial charge in [0, 0.05) is 21.9 Å². The van der Waals surface area contributed by atoms with Gasteiger partial charge in [0.05, 0.1) is 0 Å². The minimum Gasteiger partial charge on any atom is -0.207 e. The predicted molar refractivity (Wildman–Crippen MR) is 82.9 cm³/mol. The minimum atomic E-state index is -1.47. The Balaban J connectivity index is 2.22. The summed E-state index contributed by atoms with van der Waals surface area (Å²) >= 11 is 0. The maximum absolute atomic E-state index is 13.6. The van der Waals surface area contributed by atoms with Crippen molar-refractivity contribution in [3.8, 4) is 0 Å². The molecule has 0 N–H and O–H groups in total. The average molecular weight is 336 g/mol. The van der Waals surface area contributed by atoms with Crippen molar-refractivity contribution in [2.24, 2.45) is 0 Å². The molecule has 0 aliphatic heterocycles. The fourth-order valence-corrected chi connectivity index (χ4v) is 4.74. The van der Waals surface area contributed by atoms with E-state index in [4.69, 9.17) is 0 Å². The van der Waals surface area contributed by atoms with Crippen LogP contribution in [0.5, 0.6) is 0 Å². The van der Waals surface area contributed by atoms with Crippen LogP contribution in [0.2, 0.25) is 0 Å². The van der Waals surface area contributed by atoms with Crippen molar-refractivity contribution >= 4 is 10.9 Å². The van der Waals surface area contributed by atoms with Gasteiger partial charge in [-0.25, -0.2) is 17.6 Å². The first-order valence-electron chi connectivity index (χ1n) is 6.80. The Bertz CT molecular complexity index is 742. The molecule has 0 nitrogen and oxygen atoms in total. The molecule has 0 atom stereocenters. The van der Waals surface area contributed by atoms with Crippen LogP contribution in [-0.4, -0.2) is 0 Å². The smallest absolute Gasteiger partial charge is 0.127 e. The summed E-state index contributed by atoms with van der Waals surface area (Å²) in [5.41, 5.74) is 0. The molecule has 3 aromatic rings. The molecule has 5 heteroatoms. The Labute approximate surface area is 133 Å². The fraction of sp³-hybridized carbons (Fsp3) is 0. The van der Waals surface area contributed by atoms with Crippen LogP contribution in [0, 0.1) is 23.3 Å². The summed E-state index contributed by atoms with van der Waals surface area (Å²) in [6.07, 6.45) is 0. The molecule has 0 aliphatic rings. The molecule has 0 bridgehead atoms. The van der Waals surface area contributed by atoms with Crippen molar-refractivity contribution < 1.29 is 17.6 Å². The van der Waals surface area contributed by atoms with Gasteiger partial charge in [0.1, 0.15) is 23.3 Å². The van der Waals surface area contributed by atoms with E-state index in [1.165, 1.54) is 24.3 Å². The van der Waals surface area contributed by atoms with Crippen LogP contribution >= 0.6 is 10.9 Å². The summed E-state index contributed by atoms with van der Waals surface area (Å²) in [6, 6.07) is 15.2. The van der Waals surface area contributed by atoms with Gasteiger partial charge < -0.3 is 0 Å². The third-order valence-corrected chi connectivity index (χ3v) is 5.59. The van der Waals surface area contributed by atoms with Crippen LogP contribution in [0.3, 0.4) is 0 Å². The quantitative estimate of drug-likeness (QED) is 0.459. The molecule has 0 unspecified atom stereocenters. The Morgan fingerprint density at radius 1 is 0.478 bits per heavy atom. The number of thiol groups is 1. The first-order valence-corrected chi connectivity index (χ1v) is 8.14. The highest BCUT2D eigenvalue weighted by Gasteiger charge is 2.16. The van der Waals surface area contributed by atoms with E-state index in [1.54, 1.807) is 30.3 Å². The van der Waals surface area contributed by atoms with Gasteiger partial charge in [-0.3, -0.25) is 0 Å². The van der Waals surface area contributed by atoms with Crippen molar-refractivity contribution in [2.75, 3.05) is 0 Å². The molecule has 0 amide bonds.